The molecule has 0 unspecified atom stereocenters. The first-order valence-corrected chi connectivity index (χ1v) is 11.4. The molecule has 0 saturated carbocycles. The van der Waals surface area contributed by atoms with E-state index in [-0.39, 0.29) is 23.1 Å². The standard InChI is InChI=1S/C27H20N2O3S/c1-17-19(10-7-12-20(17)18-8-3-2-4-9-18)15-32-27(31)24-16-33-26(29-24)25(30)22-14-28-23-13-6-5-11-21(22)23/h2-14,16,28H,15H2,1H3. The zero-order valence-corrected chi connectivity index (χ0v) is 18.7. The van der Waals surface area contributed by atoms with Crippen molar-refractivity contribution in [3.63, 3.8) is 0 Å². The highest BCUT2D eigenvalue weighted by Gasteiger charge is 2.20. The number of carbonyl (C=O) groups is 2. The fraction of sp³-hybridized carbons (Fsp3) is 0.0741. The number of esters is 1. The van der Waals surface area contributed by atoms with E-state index in [1.54, 1.807) is 11.6 Å². The van der Waals surface area contributed by atoms with Crippen LogP contribution in [-0.4, -0.2) is 21.7 Å². The third-order valence-electron chi connectivity index (χ3n) is 5.63. The number of ether oxygens (including phenoxy) is 1. The zero-order chi connectivity index (χ0) is 22.8. The molecule has 0 amide bonds. The van der Waals surface area contributed by atoms with Crippen LogP contribution >= 0.6 is 11.3 Å². The summed E-state index contributed by atoms with van der Waals surface area (Å²) in [6.07, 6.45) is 1.68. The summed E-state index contributed by atoms with van der Waals surface area (Å²) in [5.41, 5.74) is 5.76. The van der Waals surface area contributed by atoms with E-state index < -0.39 is 5.97 Å². The van der Waals surface area contributed by atoms with Crippen LogP contribution in [0, 0.1) is 6.92 Å². The number of hydrogen-bond donors (Lipinski definition) is 1. The van der Waals surface area contributed by atoms with Crippen molar-refractivity contribution in [3.05, 3.63) is 112 Å². The van der Waals surface area contributed by atoms with Gasteiger partial charge in [-0.2, -0.15) is 0 Å². The second-order valence-corrected chi connectivity index (χ2v) is 8.50. The minimum atomic E-state index is -0.547. The summed E-state index contributed by atoms with van der Waals surface area (Å²) in [6.45, 7) is 2.15. The van der Waals surface area contributed by atoms with Crippen LogP contribution in [0.1, 0.15) is 37.0 Å². The number of thiazole rings is 1. The molecule has 5 aromatic rings. The fourth-order valence-corrected chi connectivity index (χ4v) is 4.57. The van der Waals surface area contributed by atoms with Gasteiger partial charge in [0, 0.05) is 22.5 Å². The van der Waals surface area contributed by atoms with Crippen LogP contribution in [0.2, 0.25) is 0 Å². The molecule has 3 aromatic carbocycles. The van der Waals surface area contributed by atoms with Gasteiger partial charge in [0.2, 0.25) is 5.78 Å². The number of H-pyrrole nitrogens is 1. The molecule has 2 aromatic heterocycles. The van der Waals surface area contributed by atoms with Crippen molar-refractivity contribution in [2.75, 3.05) is 0 Å². The van der Waals surface area contributed by atoms with E-state index in [9.17, 15) is 9.59 Å². The molecule has 6 heteroatoms. The predicted molar refractivity (Wildman–Crippen MR) is 130 cm³/mol. The topological polar surface area (TPSA) is 72.1 Å². The molecule has 0 aliphatic carbocycles. The number of nitrogens with one attached hydrogen (secondary N) is 1. The van der Waals surface area contributed by atoms with Gasteiger partial charge in [0.05, 0.1) is 5.56 Å². The lowest BCUT2D eigenvalue weighted by Gasteiger charge is -2.11. The average Bonchev–Trinajstić information content (AvgIpc) is 3.51. The van der Waals surface area contributed by atoms with Gasteiger partial charge < -0.3 is 9.72 Å². The van der Waals surface area contributed by atoms with Gasteiger partial charge in [-0.15, -0.1) is 11.3 Å². The molecule has 33 heavy (non-hydrogen) atoms. The summed E-state index contributed by atoms with van der Waals surface area (Å²) in [6, 6.07) is 23.6. The van der Waals surface area contributed by atoms with Gasteiger partial charge in [-0.1, -0.05) is 66.7 Å². The molecule has 0 radical (unpaired) electrons. The molecule has 0 aliphatic heterocycles. The van der Waals surface area contributed by atoms with Crippen molar-refractivity contribution in [1.29, 1.82) is 0 Å². The molecule has 0 aliphatic rings. The molecule has 1 N–H and O–H groups in total. The van der Waals surface area contributed by atoms with Gasteiger partial charge in [-0.25, -0.2) is 9.78 Å². The van der Waals surface area contributed by atoms with Crippen LogP contribution in [0.4, 0.5) is 0 Å². The summed E-state index contributed by atoms with van der Waals surface area (Å²) in [7, 11) is 0. The Morgan fingerprint density at radius 3 is 2.61 bits per heavy atom. The van der Waals surface area contributed by atoms with Crippen molar-refractivity contribution in [2.24, 2.45) is 0 Å². The summed E-state index contributed by atoms with van der Waals surface area (Å²) >= 11 is 1.14. The molecule has 0 bridgehead atoms. The lowest BCUT2D eigenvalue weighted by Crippen LogP contribution is -2.08. The van der Waals surface area contributed by atoms with Crippen molar-refractivity contribution in [3.8, 4) is 11.1 Å². The minimum absolute atomic E-state index is 0.134. The van der Waals surface area contributed by atoms with Crippen LogP contribution in [0.15, 0.2) is 84.4 Å². The molecule has 0 atom stereocenters. The molecule has 0 saturated heterocycles. The van der Waals surface area contributed by atoms with E-state index in [0.29, 0.717) is 5.56 Å². The van der Waals surface area contributed by atoms with E-state index in [2.05, 4.69) is 28.2 Å². The van der Waals surface area contributed by atoms with Crippen LogP contribution in [-0.2, 0) is 11.3 Å². The number of ketones is 1. The maximum atomic E-state index is 12.9. The smallest absolute Gasteiger partial charge is 0.358 e. The molecule has 5 rings (SSSR count). The Kier molecular flexibility index (Phi) is 5.59. The summed E-state index contributed by atoms with van der Waals surface area (Å²) in [4.78, 5) is 32.9. The Hall–Kier alpha value is -4.03. The third kappa shape index (κ3) is 4.08. The summed E-state index contributed by atoms with van der Waals surface area (Å²) in [5, 5.41) is 2.65. The highest BCUT2D eigenvalue weighted by Crippen LogP contribution is 2.26. The van der Waals surface area contributed by atoms with Crippen molar-refractivity contribution >= 4 is 34.0 Å². The van der Waals surface area contributed by atoms with E-state index >= 15 is 0 Å². The number of fused-ring (bicyclic) bond motifs is 1. The number of carbonyl (C=O) groups excluding carboxylic acids is 2. The second-order valence-electron chi connectivity index (χ2n) is 7.65. The molecule has 5 nitrogen and oxygen atoms in total. The van der Waals surface area contributed by atoms with Crippen molar-refractivity contribution in [2.45, 2.75) is 13.5 Å². The Bertz CT molecular complexity index is 1470. The molecule has 162 valence electrons. The minimum Gasteiger partial charge on any atom is -0.456 e. The molecule has 0 spiro atoms. The van der Waals surface area contributed by atoms with Crippen molar-refractivity contribution < 1.29 is 14.3 Å². The Morgan fingerprint density at radius 2 is 1.76 bits per heavy atom. The van der Waals surface area contributed by atoms with E-state index in [4.69, 9.17) is 4.74 Å². The largest absolute Gasteiger partial charge is 0.456 e. The Balaban J connectivity index is 1.31. The molecule has 0 fully saturated rings. The SMILES string of the molecule is Cc1c(COC(=O)c2csc(C(=O)c3c[nH]c4ccccc34)n2)cccc1-c1ccccc1. The highest BCUT2D eigenvalue weighted by molar-refractivity contribution is 7.12. The van der Waals surface area contributed by atoms with Gasteiger partial charge in [-0.05, 0) is 35.2 Å². The fourth-order valence-electron chi connectivity index (χ4n) is 3.83. The van der Waals surface area contributed by atoms with Gasteiger partial charge in [0.15, 0.2) is 10.7 Å². The normalized spacial score (nSPS) is 10.9. The van der Waals surface area contributed by atoms with E-state index in [1.807, 2.05) is 61.5 Å². The molecular formula is C27H20N2O3S. The van der Waals surface area contributed by atoms with Crippen LogP contribution in [0.25, 0.3) is 22.0 Å². The lowest BCUT2D eigenvalue weighted by atomic mass is 9.97. The average molecular weight is 453 g/mol. The first-order chi connectivity index (χ1) is 16.1. The van der Waals surface area contributed by atoms with Crippen molar-refractivity contribution in [1.82, 2.24) is 9.97 Å². The summed E-state index contributed by atoms with van der Waals surface area (Å²) < 4.78 is 5.53. The number of rotatable bonds is 6. The molecule has 2 heterocycles. The quantitative estimate of drug-likeness (QED) is 0.246. The van der Waals surface area contributed by atoms with Crippen LogP contribution in [0.3, 0.4) is 0 Å². The Labute approximate surface area is 194 Å². The number of nitrogens with zero attached hydrogens (tertiary/aromatic N) is 1. The maximum Gasteiger partial charge on any atom is 0.358 e. The van der Waals surface area contributed by atoms with Crippen LogP contribution in [0.5, 0.6) is 0 Å². The van der Waals surface area contributed by atoms with Gasteiger partial charge in [-0.3, -0.25) is 4.79 Å². The molecular weight excluding hydrogens is 432 g/mol. The van der Waals surface area contributed by atoms with Gasteiger partial charge in [0.1, 0.15) is 6.61 Å². The summed E-state index contributed by atoms with van der Waals surface area (Å²) in [5.74, 6) is -0.767. The number of aromatic nitrogens is 2. The number of para-hydroxylation sites is 1. The number of hydrogen-bond acceptors (Lipinski definition) is 5. The first-order valence-electron chi connectivity index (χ1n) is 10.5. The number of aromatic amines is 1. The predicted octanol–water partition coefficient (Wildman–Crippen LogP) is 6.19. The monoisotopic (exact) mass is 452 g/mol. The third-order valence-corrected chi connectivity index (χ3v) is 6.47. The Morgan fingerprint density at radius 1 is 0.970 bits per heavy atom. The maximum absolute atomic E-state index is 12.9. The first kappa shape index (κ1) is 20.8. The van der Waals surface area contributed by atoms with E-state index in [0.717, 1.165) is 44.5 Å². The zero-order valence-electron chi connectivity index (χ0n) is 17.9. The number of benzene rings is 3. The van der Waals surface area contributed by atoms with Crippen LogP contribution < -0.4 is 0 Å². The van der Waals surface area contributed by atoms with E-state index in [1.165, 1.54) is 0 Å². The lowest BCUT2D eigenvalue weighted by molar-refractivity contribution is 0.0466. The van der Waals surface area contributed by atoms with Gasteiger partial charge >= 0.3 is 5.97 Å². The highest BCUT2D eigenvalue weighted by atomic mass is 32.1. The second kappa shape index (κ2) is 8.84. The van der Waals surface area contributed by atoms with Gasteiger partial charge in [0.25, 0.3) is 0 Å².